The number of halogens is 1. The molecule has 0 fully saturated rings. The van der Waals surface area contributed by atoms with Crippen LogP contribution in [0.5, 0.6) is 0 Å². The van der Waals surface area contributed by atoms with Crippen LogP contribution in [0.4, 0.5) is 20.9 Å². The number of carbonyl (C=O) groups is 1. The van der Waals surface area contributed by atoms with E-state index in [0.29, 0.717) is 16.4 Å². The molecule has 4 rings (SSSR count). The lowest BCUT2D eigenvalue weighted by molar-refractivity contribution is 0.102. The molecule has 0 spiro atoms. The highest BCUT2D eigenvalue weighted by atomic mass is 32.2. The van der Waals surface area contributed by atoms with Crippen molar-refractivity contribution in [3.63, 3.8) is 0 Å². The number of rotatable bonds is 6. The Morgan fingerprint density at radius 1 is 1.09 bits per heavy atom. The van der Waals surface area contributed by atoms with Gasteiger partial charge >= 0.3 is 0 Å². The van der Waals surface area contributed by atoms with Crippen LogP contribution >= 0.6 is 11.3 Å². The Balaban J connectivity index is 1.53. The molecule has 2 N–H and O–H groups in total. The number of benzene rings is 2. The van der Waals surface area contributed by atoms with Gasteiger partial charge in [0.15, 0.2) is 15.0 Å². The van der Waals surface area contributed by atoms with Crippen molar-refractivity contribution >= 4 is 43.6 Å². The average Bonchev–Trinajstić information content (AvgIpc) is 3.25. The molecule has 0 aliphatic heterocycles. The van der Waals surface area contributed by atoms with Crippen molar-refractivity contribution in [1.82, 2.24) is 9.97 Å². The van der Waals surface area contributed by atoms with Crippen molar-refractivity contribution in [3.05, 3.63) is 83.2 Å². The first-order chi connectivity index (χ1) is 15.7. The molecule has 1 amide bonds. The molecule has 2 heterocycles. The summed E-state index contributed by atoms with van der Waals surface area (Å²) in [7, 11) is -3.55. The SMILES string of the molecule is Cc1ccc(C(=O)Nc2ccc(S(C)(=O)=O)cc2F)cc1Nc1nc(-c2cccnc2)cs1. The van der Waals surface area contributed by atoms with Gasteiger partial charge in [-0.1, -0.05) is 6.07 Å². The van der Waals surface area contributed by atoms with E-state index < -0.39 is 21.6 Å². The van der Waals surface area contributed by atoms with Crippen molar-refractivity contribution in [2.75, 3.05) is 16.9 Å². The molecule has 2 aromatic carbocycles. The molecule has 2 aromatic heterocycles. The summed E-state index contributed by atoms with van der Waals surface area (Å²) in [6.45, 7) is 1.89. The molecule has 7 nitrogen and oxygen atoms in total. The van der Waals surface area contributed by atoms with E-state index in [1.807, 2.05) is 24.4 Å². The van der Waals surface area contributed by atoms with Gasteiger partial charge in [0, 0.05) is 40.8 Å². The van der Waals surface area contributed by atoms with Crippen molar-refractivity contribution < 1.29 is 17.6 Å². The number of carbonyl (C=O) groups excluding carboxylic acids is 1. The van der Waals surface area contributed by atoms with Gasteiger partial charge in [-0.3, -0.25) is 9.78 Å². The van der Waals surface area contributed by atoms with Gasteiger partial charge in [0.2, 0.25) is 0 Å². The molecule has 33 heavy (non-hydrogen) atoms. The van der Waals surface area contributed by atoms with E-state index >= 15 is 0 Å². The van der Waals surface area contributed by atoms with Gasteiger partial charge in [0.1, 0.15) is 5.82 Å². The highest BCUT2D eigenvalue weighted by molar-refractivity contribution is 7.90. The standard InChI is InChI=1S/C23H19FN4O3S2/c1-14-5-6-15(22(29)26-19-8-7-17(11-18(19)24)33(2,30)31)10-20(14)27-23-28-21(13-32-23)16-4-3-9-25-12-16/h3-13H,1-2H3,(H,26,29)(H,27,28). The minimum Gasteiger partial charge on any atom is -0.331 e. The number of aromatic nitrogens is 2. The lowest BCUT2D eigenvalue weighted by atomic mass is 10.1. The number of sulfone groups is 1. The van der Waals surface area contributed by atoms with E-state index in [1.54, 1.807) is 30.6 Å². The minimum atomic E-state index is -3.55. The van der Waals surface area contributed by atoms with E-state index in [2.05, 4.69) is 20.6 Å². The summed E-state index contributed by atoms with van der Waals surface area (Å²) in [5.41, 5.74) is 3.46. The van der Waals surface area contributed by atoms with Crippen LogP contribution in [-0.4, -0.2) is 30.5 Å². The molecule has 10 heteroatoms. The first kappa shape index (κ1) is 22.6. The molecule has 0 unspecified atom stereocenters. The maximum Gasteiger partial charge on any atom is 0.255 e. The zero-order valence-electron chi connectivity index (χ0n) is 17.7. The van der Waals surface area contributed by atoms with E-state index in [1.165, 1.54) is 23.5 Å². The second-order valence-corrected chi connectivity index (χ2v) is 10.2. The predicted octanol–water partition coefficient (Wildman–Crippen LogP) is 5.05. The maximum absolute atomic E-state index is 14.3. The Labute approximate surface area is 194 Å². The van der Waals surface area contributed by atoms with Gasteiger partial charge in [-0.25, -0.2) is 17.8 Å². The fourth-order valence-electron chi connectivity index (χ4n) is 3.01. The number of pyridine rings is 1. The Kier molecular flexibility index (Phi) is 6.21. The Morgan fingerprint density at radius 3 is 2.61 bits per heavy atom. The summed E-state index contributed by atoms with van der Waals surface area (Å²) in [4.78, 5) is 21.2. The summed E-state index contributed by atoms with van der Waals surface area (Å²) in [6, 6.07) is 12.2. The number of anilines is 3. The highest BCUT2D eigenvalue weighted by Crippen LogP contribution is 2.29. The summed E-state index contributed by atoms with van der Waals surface area (Å²) in [5, 5.41) is 8.27. The largest absolute Gasteiger partial charge is 0.331 e. The van der Waals surface area contributed by atoms with Crippen molar-refractivity contribution in [2.24, 2.45) is 0 Å². The number of nitrogens with one attached hydrogen (secondary N) is 2. The lowest BCUT2D eigenvalue weighted by Gasteiger charge is -2.11. The highest BCUT2D eigenvalue weighted by Gasteiger charge is 2.15. The van der Waals surface area contributed by atoms with Crippen LogP contribution in [0.15, 0.2) is 71.2 Å². The molecule has 4 aromatic rings. The number of amides is 1. The summed E-state index contributed by atoms with van der Waals surface area (Å²) < 4.78 is 37.5. The van der Waals surface area contributed by atoms with Crippen LogP contribution < -0.4 is 10.6 Å². The summed E-state index contributed by atoms with van der Waals surface area (Å²) in [6.07, 6.45) is 4.42. The average molecular weight is 483 g/mol. The number of nitrogens with zero attached hydrogens (tertiary/aromatic N) is 2. The molecule has 0 aliphatic carbocycles. The van der Waals surface area contributed by atoms with Gasteiger partial charge < -0.3 is 10.6 Å². The monoisotopic (exact) mass is 482 g/mol. The third-order valence-electron chi connectivity index (χ3n) is 4.82. The van der Waals surface area contributed by atoms with E-state index in [-0.39, 0.29) is 10.6 Å². The maximum atomic E-state index is 14.3. The zero-order valence-corrected chi connectivity index (χ0v) is 19.3. The van der Waals surface area contributed by atoms with Crippen LogP contribution in [0.2, 0.25) is 0 Å². The molecule has 168 valence electrons. The Morgan fingerprint density at radius 2 is 1.91 bits per heavy atom. The Bertz CT molecular complexity index is 1440. The molecule has 0 atom stereocenters. The van der Waals surface area contributed by atoms with Gasteiger partial charge in [-0.15, -0.1) is 11.3 Å². The van der Waals surface area contributed by atoms with Crippen molar-refractivity contribution in [1.29, 1.82) is 0 Å². The first-order valence-corrected chi connectivity index (χ1v) is 12.5. The molecule has 0 bridgehead atoms. The van der Waals surface area contributed by atoms with Crippen LogP contribution in [0.25, 0.3) is 11.3 Å². The van der Waals surface area contributed by atoms with Crippen LogP contribution in [0.3, 0.4) is 0 Å². The van der Waals surface area contributed by atoms with Crippen LogP contribution in [-0.2, 0) is 9.84 Å². The molecule has 0 saturated heterocycles. The fourth-order valence-corrected chi connectivity index (χ4v) is 4.38. The molecule has 0 aliphatic rings. The van der Waals surface area contributed by atoms with Gasteiger partial charge in [0.25, 0.3) is 5.91 Å². The number of hydrogen-bond donors (Lipinski definition) is 2. The van der Waals surface area contributed by atoms with E-state index in [0.717, 1.165) is 29.1 Å². The number of hydrogen-bond acceptors (Lipinski definition) is 7. The molecular weight excluding hydrogens is 463 g/mol. The summed E-state index contributed by atoms with van der Waals surface area (Å²) in [5.74, 6) is -1.36. The van der Waals surface area contributed by atoms with Crippen LogP contribution in [0.1, 0.15) is 15.9 Å². The third kappa shape index (κ3) is 5.24. The quantitative estimate of drug-likeness (QED) is 0.399. The van der Waals surface area contributed by atoms with E-state index in [4.69, 9.17) is 0 Å². The number of aryl methyl sites for hydroxylation is 1. The normalized spacial score (nSPS) is 11.2. The first-order valence-electron chi connectivity index (χ1n) is 9.75. The number of thiazole rings is 1. The van der Waals surface area contributed by atoms with Gasteiger partial charge in [-0.05, 0) is 55.0 Å². The fraction of sp³-hybridized carbons (Fsp3) is 0.0870. The van der Waals surface area contributed by atoms with E-state index in [9.17, 15) is 17.6 Å². The molecule has 0 radical (unpaired) electrons. The minimum absolute atomic E-state index is 0.108. The predicted molar refractivity (Wildman–Crippen MR) is 127 cm³/mol. The third-order valence-corrected chi connectivity index (χ3v) is 6.69. The van der Waals surface area contributed by atoms with Gasteiger partial charge in [0.05, 0.1) is 16.3 Å². The topological polar surface area (TPSA) is 101 Å². The lowest BCUT2D eigenvalue weighted by Crippen LogP contribution is -2.14. The second kappa shape index (κ2) is 9.08. The van der Waals surface area contributed by atoms with Crippen LogP contribution in [0, 0.1) is 12.7 Å². The van der Waals surface area contributed by atoms with Crippen molar-refractivity contribution in [2.45, 2.75) is 11.8 Å². The molecule has 0 saturated carbocycles. The second-order valence-electron chi connectivity index (χ2n) is 7.30. The molecular formula is C23H19FN4O3S2. The van der Waals surface area contributed by atoms with Crippen molar-refractivity contribution in [3.8, 4) is 11.3 Å². The van der Waals surface area contributed by atoms with Gasteiger partial charge in [-0.2, -0.15) is 0 Å². The summed E-state index contributed by atoms with van der Waals surface area (Å²) >= 11 is 1.42. The Hall–Kier alpha value is -3.63. The smallest absolute Gasteiger partial charge is 0.255 e. The zero-order chi connectivity index (χ0) is 23.6.